The molecule has 0 heteroatoms. The van der Waals surface area contributed by atoms with E-state index in [-0.39, 0.29) is 0 Å². The lowest BCUT2D eigenvalue weighted by molar-refractivity contribution is 0.742. The largest absolute Gasteiger partial charge is 0.103 e. The van der Waals surface area contributed by atoms with Crippen LogP contribution in [0.5, 0.6) is 0 Å². The molecule has 0 bridgehead atoms. The monoisotopic (exact) mass is 252 g/mol. The summed E-state index contributed by atoms with van der Waals surface area (Å²) < 4.78 is 0. The highest BCUT2D eigenvalue weighted by atomic mass is 14.1. The molecule has 0 aliphatic heterocycles. The fourth-order valence-electron chi connectivity index (χ4n) is 1.02. The fourth-order valence-corrected chi connectivity index (χ4v) is 1.02. The smallest absolute Gasteiger partial charge is 0.00126 e. The zero-order valence-corrected chi connectivity index (χ0v) is 14.1. The van der Waals surface area contributed by atoms with Gasteiger partial charge >= 0.3 is 0 Å². The average molecular weight is 252 g/mol. The zero-order valence-electron chi connectivity index (χ0n) is 14.1. The zero-order chi connectivity index (χ0) is 15.4. The van der Waals surface area contributed by atoms with Crippen molar-refractivity contribution < 1.29 is 0 Å². The maximum absolute atomic E-state index is 3.93. The molecule has 0 radical (unpaired) electrons. The van der Waals surface area contributed by atoms with Crippen molar-refractivity contribution in [1.29, 1.82) is 0 Å². The highest BCUT2D eigenvalue weighted by Gasteiger charge is 2.04. The molecule has 1 aliphatic rings. The molecule has 0 aromatic heterocycles. The van der Waals surface area contributed by atoms with Gasteiger partial charge in [-0.2, -0.15) is 0 Å². The van der Waals surface area contributed by atoms with Crippen molar-refractivity contribution in [2.24, 2.45) is 5.92 Å². The molecule has 0 amide bonds. The van der Waals surface area contributed by atoms with E-state index in [1.54, 1.807) is 6.08 Å². The molecule has 1 aliphatic carbocycles. The van der Waals surface area contributed by atoms with Crippen LogP contribution in [0.25, 0.3) is 0 Å². The van der Waals surface area contributed by atoms with Crippen LogP contribution in [0, 0.1) is 5.92 Å². The lowest BCUT2D eigenvalue weighted by Crippen LogP contribution is -1.97. The van der Waals surface area contributed by atoms with Crippen molar-refractivity contribution in [3.8, 4) is 0 Å². The number of allylic oxidation sites excluding steroid dienone is 6. The molecule has 0 aromatic rings. The van der Waals surface area contributed by atoms with Gasteiger partial charge in [-0.3, -0.25) is 0 Å². The van der Waals surface area contributed by atoms with Crippen molar-refractivity contribution in [2.45, 2.75) is 61.8 Å². The van der Waals surface area contributed by atoms with Crippen LogP contribution in [-0.4, -0.2) is 0 Å². The molecule has 1 atom stereocenters. The van der Waals surface area contributed by atoms with Crippen LogP contribution >= 0.6 is 0 Å². The van der Waals surface area contributed by atoms with E-state index < -0.39 is 0 Å². The van der Waals surface area contributed by atoms with Crippen LogP contribution in [0.15, 0.2) is 49.1 Å². The van der Waals surface area contributed by atoms with E-state index in [1.807, 2.05) is 54.5 Å². The van der Waals surface area contributed by atoms with Crippen molar-refractivity contribution in [1.82, 2.24) is 0 Å². The standard InChI is InChI=1S/C9H12.C3H6.3C2H6/c1-3-9-7-5-4-6-8(9)2;1-3-2;3*1-2/h4-7,9H,2-3H2,1H3;3H,1H2,2H3;3*1-2H3. The van der Waals surface area contributed by atoms with Crippen LogP contribution in [0.1, 0.15) is 61.8 Å². The van der Waals surface area contributed by atoms with Gasteiger partial charge in [-0.1, -0.05) is 85.4 Å². The summed E-state index contributed by atoms with van der Waals surface area (Å²) in [5, 5.41) is 0. The molecule has 1 rings (SSSR count). The topological polar surface area (TPSA) is 0 Å². The predicted molar refractivity (Wildman–Crippen MR) is 91.1 cm³/mol. The molecule has 0 N–H and O–H groups in total. The summed E-state index contributed by atoms with van der Waals surface area (Å²) in [5.74, 6) is 0.593. The Labute approximate surface area is 117 Å². The summed E-state index contributed by atoms with van der Waals surface area (Å²) in [6, 6.07) is 0. The first-order valence-electron chi connectivity index (χ1n) is 7.37. The average Bonchev–Trinajstić information content (AvgIpc) is 2.47. The van der Waals surface area contributed by atoms with Crippen molar-refractivity contribution in [3.63, 3.8) is 0 Å². The van der Waals surface area contributed by atoms with Gasteiger partial charge in [0.1, 0.15) is 0 Å². The first kappa shape index (κ1) is 25.7. The Hall–Kier alpha value is -1.04. The highest BCUT2D eigenvalue weighted by Crippen LogP contribution is 2.19. The number of hydrogen-bond acceptors (Lipinski definition) is 0. The maximum Gasteiger partial charge on any atom is 0.00126 e. The van der Waals surface area contributed by atoms with E-state index in [0.717, 1.165) is 0 Å². The summed E-state index contributed by atoms with van der Waals surface area (Å²) in [7, 11) is 0. The molecule has 18 heavy (non-hydrogen) atoms. The van der Waals surface area contributed by atoms with Crippen molar-refractivity contribution in [2.75, 3.05) is 0 Å². The van der Waals surface area contributed by atoms with Crippen LogP contribution in [0.4, 0.5) is 0 Å². The first-order valence-corrected chi connectivity index (χ1v) is 7.37. The minimum Gasteiger partial charge on any atom is -0.103 e. The lowest BCUT2D eigenvalue weighted by Gasteiger charge is -2.11. The summed E-state index contributed by atoms with van der Waals surface area (Å²) in [4.78, 5) is 0. The van der Waals surface area contributed by atoms with Gasteiger partial charge in [0.25, 0.3) is 0 Å². The summed E-state index contributed by atoms with van der Waals surface area (Å²) in [5.41, 5.74) is 1.24. The molecule has 0 heterocycles. The van der Waals surface area contributed by atoms with E-state index in [0.29, 0.717) is 5.92 Å². The van der Waals surface area contributed by atoms with E-state index in [2.05, 4.69) is 38.3 Å². The SMILES string of the molecule is C=C1C=CC=CC1CC.C=CC.CC.CC.CC. The molecular weight excluding hydrogens is 216 g/mol. The third kappa shape index (κ3) is 20.4. The second-order valence-corrected chi connectivity index (χ2v) is 2.74. The third-order valence-corrected chi connectivity index (χ3v) is 1.68. The Balaban J connectivity index is -0.0000000925. The quantitative estimate of drug-likeness (QED) is 0.442. The van der Waals surface area contributed by atoms with Crippen LogP contribution in [-0.2, 0) is 0 Å². The van der Waals surface area contributed by atoms with Gasteiger partial charge in [0.2, 0.25) is 0 Å². The molecular formula is C18H36. The van der Waals surface area contributed by atoms with E-state index in [4.69, 9.17) is 0 Å². The Kier molecular flexibility index (Phi) is 42.5. The summed E-state index contributed by atoms with van der Waals surface area (Å²) >= 11 is 0. The Bertz CT molecular complexity index is 194. The first-order chi connectivity index (χ1) is 8.76. The Morgan fingerprint density at radius 3 is 1.67 bits per heavy atom. The molecule has 0 saturated heterocycles. The van der Waals surface area contributed by atoms with Gasteiger partial charge in [-0.05, 0) is 18.9 Å². The molecule has 0 saturated carbocycles. The molecule has 0 aromatic carbocycles. The number of rotatable bonds is 1. The van der Waals surface area contributed by atoms with E-state index in [1.165, 1.54) is 12.0 Å². The van der Waals surface area contributed by atoms with Gasteiger partial charge < -0.3 is 0 Å². The predicted octanol–water partition coefficient (Wildman–Crippen LogP) is 6.97. The summed E-state index contributed by atoms with van der Waals surface area (Å²) in [6.07, 6.45) is 11.3. The van der Waals surface area contributed by atoms with Crippen LogP contribution < -0.4 is 0 Å². The molecule has 108 valence electrons. The van der Waals surface area contributed by atoms with Gasteiger partial charge in [-0.25, -0.2) is 0 Å². The van der Waals surface area contributed by atoms with Gasteiger partial charge in [-0.15, -0.1) is 6.58 Å². The molecule has 1 unspecified atom stereocenters. The van der Waals surface area contributed by atoms with Gasteiger partial charge in [0.05, 0.1) is 0 Å². The third-order valence-electron chi connectivity index (χ3n) is 1.68. The van der Waals surface area contributed by atoms with Crippen LogP contribution in [0.2, 0.25) is 0 Å². The second-order valence-electron chi connectivity index (χ2n) is 2.74. The second kappa shape index (κ2) is 29.7. The van der Waals surface area contributed by atoms with Crippen molar-refractivity contribution in [3.05, 3.63) is 49.1 Å². The van der Waals surface area contributed by atoms with Crippen LogP contribution in [0.3, 0.4) is 0 Å². The van der Waals surface area contributed by atoms with Gasteiger partial charge in [0, 0.05) is 5.92 Å². The minimum atomic E-state index is 0.593. The molecule has 0 spiro atoms. The Morgan fingerprint density at radius 2 is 1.44 bits per heavy atom. The molecule has 0 fully saturated rings. The van der Waals surface area contributed by atoms with Gasteiger partial charge in [0.15, 0.2) is 0 Å². The highest BCUT2D eigenvalue weighted by molar-refractivity contribution is 5.30. The summed E-state index contributed by atoms with van der Waals surface area (Å²) in [6.45, 7) is 23.4. The fraction of sp³-hybridized carbons (Fsp3) is 0.556. The Morgan fingerprint density at radius 1 is 1.06 bits per heavy atom. The minimum absolute atomic E-state index is 0.593. The normalized spacial score (nSPS) is 14.2. The van der Waals surface area contributed by atoms with E-state index >= 15 is 0 Å². The molecule has 0 nitrogen and oxygen atoms in total. The van der Waals surface area contributed by atoms with E-state index in [9.17, 15) is 0 Å². The van der Waals surface area contributed by atoms with Crippen molar-refractivity contribution >= 4 is 0 Å². The lowest BCUT2D eigenvalue weighted by atomic mass is 9.94. The number of hydrogen-bond donors (Lipinski definition) is 0. The maximum atomic E-state index is 3.93.